The number of amides is 1. The summed E-state index contributed by atoms with van der Waals surface area (Å²) in [5.41, 5.74) is 1.89. The second-order valence-electron chi connectivity index (χ2n) is 6.54. The van der Waals surface area contributed by atoms with Crippen LogP contribution in [0.3, 0.4) is 0 Å². The summed E-state index contributed by atoms with van der Waals surface area (Å²) >= 11 is 3.31. The molecule has 7 heteroatoms. The molecule has 1 fully saturated rings. The Hall–Kier alpha value is -1.60. The molecule has 0 radical (unpaired) electrons. The maximum Gasteiger partial charge on any atom is 0.253 e. The van der Waals surface area contributed by atoms with Crippen LogP contribution in [0.1, 0.15) is 48.0 Å². The zero-order valence-corrected chi connectivity index (χ0v) is 16.3. The van der Waals surface area contributed by atoms with Crippen molar-refractivity contribution >= 4 is 34.1 Å². The molecular formula is C18H24N4OS2. The predicted octanol–water partition coefficient (Wildman–Crippen LogP) is 4.28. The number of benzene rings is 1. The molecule has 0 unspecified atom stereocenters. The first-order chi connectivity index (χ1) is 12.1. The standard InChI is InChI=1S/C18H24N4OS2/c1-22(2)16(23)14-10-8-13(9-11-14)12-24-18-21-20-17(25-18)19-15-6-4-3-5-7-15/h8-11,15H,3-7,12H2,1-2H3,(H,19,20). The highest BCUT2D eigenvalue weighted by atomic mass is 32.2. The number of hydrogen-bond donors (Lipinski definition) is 1. The molecule has 1 saturated carbocycles. The fourth-order valence-corrected chi connectivity index (χ4v) is 4.68. The number of carbonyl (C=O) groups excluding carboxylic acids is 1. The summed E-state index contributed by atoms with van der Waals surface area (Å²) < 4.78 is 0.978. The number of carbonyl (C=O) groups is 1. The first-order valence-electron chi connectivity index (χ1n) is 8.65. The van der Waals surface area contributed by atoms with E-state index >= 15 is 0 Å². The number of anilines is 1. The molecule has 0 spiro atoms. The van der Waals surface area contributed by atoms with Gasteiger partial charge in [0, 0.05) is 31.5 Å². The van der Waals surface area contributed by atoms with Crippen LogP contribution in [0.4, 0.5) is 5.13 Å². The Kier molecular flexibility index (Phi) is 6.31. The largest absolute Gasteiger partial charge is 0.357 e. The highest BCUT2D eigenvalue weighted by molar-refractivity contribution is 8.00. The fourth-order valence-electron chi connectivity index (χ4n) is 2.89. The van der Waals surface area contributed by atoms with Gasteiger partial charge in [-0.1, -0.05) is 54.5 Å². The maximum atomic E-state index is 11.9. The molecule has 2 aromatic rings. The van der Waals surface area contributed by atoms with E-state index in [4.69, 9.17) is 0 Å². The molecule has 0 bridgehead atoms. The van der Waals surface area contributed by atoms with Gasteiger partial charge < -0.3 is 10.2 Å². The van der Waals surface area contributed by atoms with E-state index in [1.807, 2.05) is 24.3 Å². The highest BCUT2D eigenvalue weighted by Gasteiger charge is 2.15. The molecule has 1 amide bonds. The van der Waals surface area contributed by atoms with E-state index in [2.05, 4.69) is 15.5 Å². The Bertz CT molecular complexity index is 693. The molecule has 1 heterocycles. The Balaban J connectivity index is 1.51. The smallest absolute Gasteiger partial charge is 0.253 e. The minimum Gasteiger partial charge on any atom is -0.357 e. The lowest BCUT2D eigenvalue weighted by molar-refractivity contribution is 0.0827. The number of rotatable bonds is 6. The van der Waals surface area contributed by atoms with Crippen molar-refractivity contribution in [3.05, 3.63) is 35.4 Å². The normalized spacial score (nSPS) is 15.1. The maximum absolute atomic E-state index is 11.9. The zero-order chi connectivity index (χ0) is 17.6. The minimum absolute atomic E-state index is 0.0294. The molecule has 1 aliphatic carbocycles. The van der Waals surface area contributed by atoms with Crippen molar-refractivity contribution in [2.75, 3.05) is 19.4 Å². The Morgan fingerprint density at radius 1 is 1.20 bits per heavy atom. The summed E-state index contributed by atoms with van der Waals surface area (Å²) in [6.45, 7) is 0. The molecule has 25 heavy (non-hydrogen) atoms. The predicted molar refractivity (Wildman–Crippen MR) is 104 cm³/mol. The van der Waals surface area contributed by atoms with E-state index in [1.165, 1.54) is 37.7 Å². The van der Waals surface area contributed by atoms with Gasteiger partial charge in [-0.3, -0.25) is 4.79 Å². The lowest BCUT2D eigenvalue weighted by Crippen LogP contribution is -2.21. The second kappa shape index (κ2) is 8.67. The van der Waals surface area contributed by atoms with Crippen molar-refractivity contribution in [2.45, 2.75) is 48.2 Å². The summed E-state index contributed by atoms with van der Waals surface area (Å²) in [5.74, 6) is 0.857. The third kappa shape index (κ3) is 5.19. The summed E-state index contributed by atoms with van der Waals surface area (Å²) in [6.07, 6.45) is 6.45. The van der Waals surface area contributed by atoms with Crippen LogP contribution in [0.25, 0.3) is 0 Å². The monoisotopic (exact) mass is 376 g/mol. The van der Waals surface area contributed by atoms with Crippen LogP contribution < -0.4 is 5.32 Å². The number of thioether (sulfide) groups is 1. The number of hydrogen-bond acceptors (Lipinski definition) is 6. The van der Waals surface area contributed by atoms with Crippen molar-refractivity contribution in [2.24, 2.45) is 0 Å². The van der Waals surface area contributed by atoms with Crippen molar-refractivity contribution in [3.8, 4) is 0 Å². The van der Waals surface area contributed by atoms with Crippen molar-refractivity contribution in [3.63, 3.8) is 0 Å². The summed E-state index contributed by atoms with van der Waals surface area (Å²) in [4.78, 5) is 13.5. The van der Waals surface area contributed by atoms with Gasteiger partial charge >= 0.3 is 0 Å². The van der Waals surface area contributed by atoms with Gasteiger partial charge in [0.2, 0.25) is 5.13 Å². The fraction of sp³-hybridized carbons (Fsp3) is 0.500. The highest BCUT2D eigenvalue weighted by Crippen LogP contribution is 2.30. The molecule has 134 valence electrons. The van der Waals surface area contributed by atoms with E-state index in [9.17, 15) is 4.79 Å². The number of nitrogens with one attached hydrogen (secondary N) is 1. The quantitative estimate of drug-likeness (QED) is 0.763. The van der Waals surface area contributed by atoms with Crippen LogP contribution in [0.15, 0.2) is 28.6 Å². The van der Waals surface area contributed by atoms with Crippen molar-refractivity contribution in [1.82, 2.24) is 15.1 Å². The topological polar surface area (TPSA) is 58.1 Å². The van der Waals surface area contributed by atoms with Gasteiger partial charge in [-0.2, -0.15) is 0 Å². The van der Waals surface area contributed by atoms with Gasteiger partial charge in [-0.05, 0) is 30.5 Å². The molecule has 1 aromatic heterocycles. The van der Waals surface area contributed by atoms with E-state index in [-0.39, 0.29) is 5.91 Å². The van der Waals surface area contributed by atoms with E-state index in [1.54, 1.807) is 42.1 Å². The third-order valence-corrected chi connectivity index (χ3v) is 6.37. The number of nitrogens with zero attached hydrogens (tertiary/aromatic N) is 3. The van der Waals surface area contributed by atoms with E-state index in [0.717, 1.165) is 15.2 Å². The van der Waals surface area contributed by atoms with E-state index in [0.29, 0.717) is 11.6 Å². The van der Waals surface area contributed by atoms with Gasteiger partial charge in [0.05, 0.1) is 0 Å². The average molecular weight is 377 g/mol. The third-order valence-electron chi connectivity index (χ3n) is 4.31. The Morgan fingerprint density at radius 3 is 2.60 bits per heavy atom. The second-order valence-corrected chi connectivity index (χ2v) is 8.74. The molecule has 1 aromatic carbocycles. The van der Waals surface area contributed by atoms with Crippen LogP contribution in [0.5, 0.6) is 0 Å². The average Bonchev–Trinajstić information content (AvgIpc) is 3.08. The summed E-state index contributed by atoms with van der Waals surface area (Å²) in [6, 6.07) is 8.34. The van der Waals surface area contributed by atoms with Gasteiger partial charge in [-0.15, -0.1) is 10.2 Å². The number of aromatic nitrogens is 2. The van der Waals surface area contributed by atoms with Crippen molar-refractivity contribution < 1.29 is 4.79 Å². The van der Waals surface area contributed by atoms with Gasteiger partial charge in [0.15, 0.2) is 4.34 Å². The van der Waals surface area contributed by atoms with Crippen LogP contribution in [0.2, 0.25) is 0 Å². The molecular weight excluding hydrogens is 352 g/mol. The Morgan fingerprint density at radius 2 is 1.92 bits per heavy atom. The van der Waals surface area contributed by atoms with Crippen LogP contribution in [-0.2, 0) is 5.75 Å². The van der Waals surface area contributed by atoms with Gasteiger partial charge in [-0.25, -0.2) is 0 Å². The van der Waals surface area contributed by atoms with E-state index < -0.39 is 0 Å². The molecule has 0 aliphatic heterocycles. The van der Waals surface area contributed by atoms with Gasteiger partial charge in [0.25, 0.3) is 5.91 Å². The Labute approximate surface area is 157 Å². The zero-order valence-electron chi connectivity index (χ0n) is 14.7. The lowest BCUT2D eigenvalue weighted by Gasteiger charge is -2.21. The first-order valence-corrected chi connectivity index (χ1v) is 10.5. The summed E-state index contributed by atoms with van der Waals surface area (Å²) in [5, 5.41) is 13.0. The molecule has 3 rings (SSSR count). The molecule has 5 nitrogen and oxygen atoms in total. The summed E-state index contributed by atoms with van der Waals surface area (Å²) in [7, 11) is 3.53. The molecule has 0 saturated heterocycles. The molecule has 0 atom stereocenters. The van der Waals surface area contributed by atoms with Crippen LogP contribution >= 0.6 is 23.1 Å². The molecule has 1 N–H and O–H groups in total. The lowest BCUT2D eigenvalue weighted by atomic mass is 9.96. The van der Waals surface area contributed by atoms with Crippen LogP contribution in [-0.4, -0.2) is 41.1 Å². The first kappa shape index (κ1) is 18.2. The minimum atomic E-state index is 0.0294. The van der Waals surface area contributed by atoms with Crippen molar-refractivity contribution in [1.29, 1.82) is 0 Å². The molecule has 1 aliphatic rings. The van der Waals surface area contributed by atoms with Gasteiger partial charge in [0.1, 0.15) is 0 Å². The van der Waals surface area contributed by atoms with Crippen LogP contribution in [0, 0.1) is 0 Å². The SMILES string of the molecule is CN(C)C(=O)c1ccc(CSc2nnc(NC3CCCCC3)s2)cc1.